The quantitative estimate of drug-likeness (QED) is 0.146. The SMILES string of the molecule is [C-]#[N+]c1ccc(-c2ccc(-c3nc(-c4ccccc4)cc(-c4cccc(-c5ccc(-c6nc(-c7ccccc7)nc(-c7ccccc7)n6)cc5)c4)n3)cc2)cc1. The van der Waals surface area contributed by atoms with Crippen LogP contribution in [0.25, 0.3) is 95.2 Å². The van der Waals surface area contributed by atoms with Crippen molar-refractivity contribution in [1.29, 1.82) is 0 Å². The van der Waals surface area contributed by atoms with E-state index in [1.807, 2.05) is 103 Å². The lowest BCUT2D eigenvalue weighted by Gasteiger charge is -2.11. The molecule has 0 fully saturated rings. The van der Waals surface area contributed by atoms with E-state index >= 15 is 0 Å². The second-order valence-corrected chi connectivity index (χ2v) is 13.3. The highest BCUT2D eigenvalue weighted by atomic mass is 15.0. The summed E-state index contributed by atoms with van der Waals surface area (Å²) in [5, 5.41) is 0. The number of hydrogen-bond acceptors (Lipinski definition) is 5. The van der Waals surface area contributed by atoms with Gasteiger partial charge in [0, 0.05) is 33.4 Å². The van der Waals surface area contributed by atoms with Gasteiger partial charge in [-0.1, -0.05) is 182 Å². The van der Waals surface area contributed by atoms with E-state index in [9.17, 15) is 0 Å². The highest BCUT2D eigenvalue weighted by Crippen LogP contribution is 2.33. The van der Waals surface area contributed by atoms with Crippen LogP contribution < -0.4 is 0 Å². The lowest BCUT2D eigenvalue weighted by molar-refractivity contribution is 1.07. The van der Waals surface area contributed by atoms with Crippen molar-refractivity contribution in [2.24, 2.45) is 0 Å². The van der Waals surface area contributed by atoms with Crippen molar-refractivity contribution in [3.05, 3.63) is 206 Å². The largest absolute Gasteiger partial charge is 0.238 e. The molecule has 0 saturated heterocycles. The van der Waals surface area contributed by atoms with Crippen LogP contribution in [0, 0.1) is 6.57 Å². The Hall–Kier alpha value is -7.88. The Morgan fingerprint density at radius 1 is 0.268 bits per heavy atom. The Balaban J connectivity index is 1.05. The van der Waals surface area contributed by atoms with E-state index in [0.29, 0.717) is 29.0 Å². The molecule has 2 heterocycles. The molecule has 0 radical (unpaired) electrons. The van der Waals surface area contributed by atoms with Crippen molar-refractivity contribution in [2.75, 3.05) is 0 Å². The molecule has 9 rings (SSSR count). The lowest BCUT2D eigenvalue weighted by atomic mass is 9.99. The average Bonchev–Trinajstić information content (AvgIpc) is 3.30. The summed E-state index contributed by atoms with van der Waals surface area (Å²) in [7, 11) is 0. The Morgan fingerprint density at radius 2 is 0.607 bits per heavy atom. The molecule has 6 heteroatoms. The molecule has 0 unspecified atom stereocenters. The van der Waals surface area contributed by atoms with Crippen LogP contribution in [0.15, 0.2) is 194 Å². The molecule has 6 nitrogen and oxygen atoms in total. The molecule has 0 aliphatic carbocycles. The summed E-state index contributed by atoms with van der Waals surface area (Å²) in [6, 6.07) is 65.0. The van der Waals surface area contributed by atoms with Gasteiger partial charge < -0.3 is 0 Å². The summed E-state index contributed by atoms with van der Waals surface area (Å²) in [5.41, 5.74) is 12.2. The van der Waals surface area contributed by atoms with Gasteiger partial charge >= 0.3 is 0 Å². The second-order valence-electron chi connectivity index (χ2n) is 13.3. The molecule has 56 heavy (non-hydrogen) atoms. The van der Waals surface area contributed by atoms with E-state index in [4.69, 9.17) is 31.5 Å². The van der Waals surface area contributed by atoms with Crippen molar-refractivity contribution in [1.82, 2.24) is 24.9 Å². The van der Waals surface area contributed by atoms with Gasteiger partial charge in [0.1, 0.15) is 0 Å². The summed E-state index contributed by atoms with van der Waals surface area (Å²) in [6.45, 7) is 7.26. The van der Waals surface area contributed by atoms with Crippen molar-refractivity contribution in [3.63, 3.8) is 0 Å². The van der Waals surface area contributed by atoms with Crippen LogP contribution >= 0.6 is 0 Å². The van der Waals surface area contributed by atoms with Crippen LogP contribution in [0.3, 0.4) is 0 Å². The normalized spacial score (nSPS) is 10.8. The van der Waals surface area contributed by atoms with Crippen LogP contribution in [0.4, 0.5) is 5.69 Å². The van der Waals surface area contributed by atoms with Gasteiger partial charge in [0.15, 0.2) is 29.0 Å². The first kappa shape index (κ1) is 33.9. The van der Waals surface area contributed by atoms with Gasteiger partial charge in [-0.05, 0) is 34.4 Å². The van der Waals surface area contributed by atoms with Crippen LogP contribution in [0.2, 0.25) is 0 Å². The van der Waals surface area contributed by atoms with Crippen LogP contribution in [-0.2, 0) is 0 Å². The number of benzene rings is 7. The van der Waals surface area contributed by atoms with Crippen LogP contribution in [-0.4, -0.2) is 24.9 Å². The molecule has 0 amide bonds. The van der Waals surface area contributed by atoms with E-state index in [1.54, 1.807) is 0 Å². The monoisotopic (exact) mass is 716 g/mol. The molecule has 0 aliphatic heterocycles. The van der Waals surface area contributed by atoms with E-state index < -0.39 is 0 Å². The molecular weight excluding hydrogens is 685 g/mol. The van der Waals surface area contributed by atoms with Crippen molar-refractivity contribution in [2.45, 2.75) is 0 Å². The maximum Gasteiger partial charge on any atom is 0.187 e. The number of aromatic nitrogens is 5. The molecular formula is C50H32N6. The number of nitrogens with zero attached hydrogens (tertiary/aromatic N) is 6. The maximum atomic E-state index is 7.26. The summed E-state index contributed by atoms with van der Waals surface area (Å²) in [4.78, 5) is 28.3. The fraction of sp³-hybridized carbons (Fsp3) is 0. The lowest BCUT2D eigenvalue weighted by Crippen LogP contribution is -2.00. The molecule has 7 aromatic carbocycles. The highest BCUT2D eigenvalue weighted by Gasteiger charge is 2.14. The maximum absolute atomic E-state index is 7.26. The Bertz CT molecular complexity index is 2760. The van der Waals surface area contributed by atoms with Gasteiger partial charge in [-0.15, -0.1) is 0 Å². The molecule has 262 valence electrons. The van der Waals surface area contributed by atoms with Gasteiger partial charge in [-0.3, -0.25) is 0 Å². The average molecular weight is 717 g/mol. The summed E-state index contributed by atoms with van der Waals surface area (Å²) >= 11 is 0. The fourth-order valence-corrected chi connectivity index (χ4v) is 6.63. The second kappa shape index (κ2) is 15.2. The first-order valence-corrected chi connectivity index (χ1v) is 18.3. The number of hydrogen-bond donors (Lipinski definition) is 0. The van der Waals surface area contributed by atoms with Crippen molar-refractivity contribution >= 4 is 5.69 Å². The van der Waals surface area contributed by atoms with Gasteiger partial charge in [-0.25, -0.2) is 29.8 Å². The fourth-order valence-electron chi connectivity index (χ4n) is 6.63. The Labute approximate surface area is 325 Å². The minimum Gasteiger partial charge on any atom is -0.238 e. The minimum atomic E-state index is 0.617. The third kappa shape index (κ3) is 7.21. The highest BCUT2D eigenvalue weighted by molar-refractivity contribution is 5.78. The molecule has 0 saturated carbocycles. The topological polar surface area (TPSA) is 68.8 Å². The Kier molecular flexibility index (Phi) is 9.23. The molecule has 9 aromatic rings. The Morgan fingerprint density at radius 3 is 1.09 bits per heavy atom. The first-order valence-electron chi connectivity index (χ1n) is 18.3. The van der Waals surface area contributed by atoms with E-state index in [-0.39, 0.29) is 0 Å². The van der Waals surface area contributed by atoms with E-state index in [2.05, 4.69) is 95.8 Å². The van der Waals surface area contributed by atoms with Gasteiger partial charge in [0.05, 0.1) is 18.0 Å². The smallest absolute Gasteiger partial charge is 0.187 e. The number of rotatable bonds is 8. The minimum absolute atomic E-state index is 0.617. The third-order valence-electron chi connectivity index (χ3n) is 9.60. The van der Waals surface area contributed by atoms with Crippen LogP contribution in [0.1, 0.15) is 0 Å². The summed E-state index contributed by atoms with van der Waals surface area (Å²) < 4.78 is 0. The summed E-state index contributed by atoms with van der Waals surface area (Å²) in [6.07, 6.45) is 0. The predicted octanol–water partition coefficient (Wildman–Crippen LogP) is 12.5. The zero-order valence-corrected chi connectivity index (χ0v) is 30.2. The molecule has 0 aliphatic rings. The zero-order valence-electron chi connectivity index (χ0n) is 30.2. The molecule has 2 aromatic heterocycles. The standard InChI is InChI=1S/C50H32N6/c1-51-44-30-28-35(29-31-44)34-20-24-40(25-21-34)47-52-45(37-12-5-2-6-13-37)33-46(53-47)43-19-11-18-42(32-43)36-22-26-41(27-23-36)50-55-48(38-14-7-3-8-15-38)54-49(56-50)39-16-9-4-10-17-39/h2-33H. The van der Waals surface area contributed by atoms with Gasteiger partial charge in [-0.2, -0.15) is 0 Å². The first-order chi connectivity index (χ1) is 27.7. The third-order valence-corrected chi connectivity index (χ3v) is 9.60. The molecule has 0 atom stereocenters. The van der Waals surface area contributed by atoms with Gasteiger partial charge in [0.2, 0.25) is 0 Å². The molecule has 0 bridgehead atoms. The van der Waals surface area contributed by atoms with E-state index in [0.717, 1.165) is 67.0 Å². The van der Waals surface area contributed by atoms with Crippen molar-refractivity contribution in [3.8, 4) is 90.3 Å². The van der Waals surface area contributed by atoms with Gasteiger partial charge in [0.25, 0.3) is 0 Å². The zero-order chi connectivity index (χ0) is 37.7. The molecule has 0 N–H and O–H groups in total. The van der Waals surface area contributed by atoms with Crippen LogP contribution in [0.5, 0.6) is 0 Å². The van der Waals surface area contributed by atoms with E-state index in [1.165, 1.54) is 0 Å². The predicted molar refractivity (Wildman–Crippen MR) is 225 cm³/mol. The van der Waals surface area contributed by atoms with Crippen molar-refractivity contribution < 1.29 is 0 Å². The summed E-state index contributed by atoms with van der Waals surface area (Å²) in [5.74, 6) is 2.53. The molecule has 0 spiro atoms.